The highest BCUT2D eigenvalue weighted by Gasteiger charge is 2.24. The van der Waals surface area contributed by atoms with E-state index in [1.807, 2.05) is 36.4 Å². The molecule has 0 unspecified atom stereocenters. The SMILES string of the molecule is CN(CC(=O)N1CCC(O)CC1)C(=O)c1cccc2ccccc12. The smallest absolute Gasteiger partial charge is 0.254 e. The van der Waals surface area contributed by atoms with E-state index in [1.165, 1.54) is 4.90 Å². The minimum absolute atomic E-state index is 0.0537. The van der Waals surface area contributed by atoms with Crippen molar-refractivity contribution in [3.63, 3.8) is 0 Å². The Morgan fingerprint density at radius 3 is 2.54 bits per heavy atom. The summed E-state index contributed by atoms with van der Waals surface area (Å²) in [5.74, 6) is -0.227. The molecular formula is C19H22N2O3. The zero-order valence-corrected chi connectivity index (χ0v) is 13.8. The van der Waals surface area contributed by atoms with Gasteiger partial charge in [-0.2, -0.15) is 0 Å². The third-order valence-corrected chi connectivity index (χ3v) is 4.56. The molecule has 2 aromatic rings. The first-order chi connectivity index (χ1) is 11.6. The molecule has 1 N–H and O–H groups in total. The van der Waals surface area contributed by atoms with Gasteiger partial charge in [-0.05, 0) is 29.7 Å². The van der Waals surface area contributed by atoms with E-state index in [9.17, 15) is 14.7 Å². The van der Waals surface area contributed by atoms with E-state index in [0.717, 1.165) is 10.8 Å². The summed E-state index contributed by atoms with van der Waals surface area (Å²) >= 11 is 0. The van der Waals surface area contributed by atoms with Gasteiger partial charge in [0.2, 0.25) is 5.91 Å². The van der Waals surface area contributed by atoms with Crippen molar-refractivity contribution < 1.29 is 14.7 Å². The second kappa shape index (κ2) is 7.01. The highest BCUT2D eigenvalue weighted by atomic mass is 16.3. The number of likely N-dealkylation sites (tertiary alicyclic amines) is 1. The maximum atomic E-state index is 12.7. The van der Waals surface area contributed by atoms with Gasteiger partial charge in [-0.25, -0.2) is 0 Å². The molecule has 0 saturated carbocycles. The summed E-state index contributed by atoms with van der Waals surface area (Å²) in [6.45, 7) is 1.16. The highest BCUT2D eigenvalue weighted by molar-refractivity contribution is 6.07. The largest absolute Gasteiger partial charge is 0.393 e. The fraction of sp³-hybridized carbons (Fsp3) is 0.368. The Labute approximate surface area is 141 Å². The summed E-state index contributed by atoms with van der Waals surface area (Å²) in [6.07, 6.45) is 0.892. The molecule has 24 heavy (non-hydrogen) atoms. The lowest BCUT2D eigenvalue weighted by Gasteiger charge is -2.31. The molecule has 5 heteroatoms. The van der Waals surface area contributed by atoms with Crippen molar-refractivity contribution in [1.82, 2.24) is 9.80 Å². The molecule has 2 aromatic carbocycles. The second-order valence-electron chi connectivity index (χ2n) is 6.30. The number of carbonyl (C=O) groups excluding carboxylic acids is 2. The van der Waals surface area contributed by atoms with Crippen molar-refractivity contribution in [2.24, 2.45) is 0 Å². The summed E-state index contributed by atoms with van der Waals surface area (Å²) in [4.78, 5) is 28.3. The molecule has 1 aliphatic heterocycles. The number of piperidine rings is 1. The Kier molecular flexibility index (Phi) is 4.81. The molecule has 1 aliphatic rings. The quantitative estimate of drug-likeness (QED) is 0.937. The van der Waals surface area contributed by atoms with Gasteiger partial charge >= 0.3 is 0 Å². The summed E-state index contributed by atoms with van der Waals surface area (Å²) in [5.41, 5.74) is 0.609. The molecule has 0 bridgehead atoms. The van der Waals surface area contributed by atoms with Crippen molar-refractivity contribution in [3.05, 3.63) is 48.0 Å². The van der Waals surface area contributed by atoms with Gasteiger partial charge in [0.05, 0.1) is 12.6 Å². The number of fused-ring (bicyclic) bond motifs is 1. The van der Waals surface area contributed by atoms with Crippen LogP contribution in [0, 0.1) is 0 Å². The van der Waals surface area contributed by atoms with Crippen molar-refractivity contribution in [2.45, 2.75) is 18.9 Å². The average Bonchev–Trinajstić information content (AvgIpc) is 2.61. The van der Waals surface area contributed by atoms with Crippen LogP contribution in [0.5, 0.6) is 0 Å². The maximum Gasteiger partial charge on any atom is 0.254 e. The van der Waals surface area contributed by atoms with Gasteiger partial charge in [0, 0.05) is 25.7 Å². The molecule has 1 saturated heterocycles. The normalized spacial score (nSPS) is 15.5. The van der Waals surface area contributed by atoms with E-state index < -0.39 is 0 Å². The number of hydrogen-bond donors (Lipinski definition) is 1. The van der Waals surface area contributed by atoms with Crippen LogP contribution in [-0.4, -0.2) is 59.5 Å². The molecule has 0 aromatic heterocycles. The third kappa shape index (κ3) is 3.41. The number of rotatable bonds is 3. The Morgan fingerprint density at radius 1 is 1.12 bits per heavy atom. The number of likely N-dealkylation sites (N-methyl/N-ethyl adjacent to an activating group) is 1. The molecule has 2 amide bonds. The molecular weight excluding hydrogens is 304 g/mol. The standard InChI is InChI=1S/C19H22N2O3/c1-20(13-18(23)21-11-9-15(22)10-12-21)19(24)17-8-4-6-14-5-2-3-7-16(14)17/h2-8,15,22H,9-13H2,1H3. The molecule has 1 fully saturated rings. The van der Waals surface area contributed by atoms with Crippen LogP contribution in [0.2, 0.25) is 0 Å². The lowest BCUT2D eigenvalue weighted by Crippen LogP contribution is -2.45. The van der Waals surface area contributed by atoms with E-state index in [-0.39, 0.29) is 24.5 Å². The third-order valence-electron chi connectivity index (χ3n) is 4.56. The van der Waals surface area contributed by atoms with E-state index in [0.29, 0.717) is 31.5 Å². The van der Waals surface area contributed by atoms with E-state index in [2.05, 4.69) is 0 Å². The first-order valence-corrected chi connectivity index (χ1v) is 8.25. The fourth-order valence-electron chi connectivity index (χ4n) is 3.11. The second-order valence-corrected chi connectivity index (χ2v) is 6.30. The number of nitrogens with zero attached hydrogens (tertiary/aromatic N) is 2. The number of carbonyl (C=O) groups is 2. The predicted molar refractivity (Wildman–Crippen MR) is 92.7 cm³/mol. The van der Waals surface area contributed by atoms with Crippen molar-refractivity contribution in [3.8, 4) is 0 Å². The van der Waals surface area contributed by atoms with Crippen LogP contribution in [0.15, 0.2) is 42.5 Å². The zero-order valence-electron chi connectivity index (χ0n) is 13.8. The number of aliphatic hydroxyl groups excluding tert-OH is 1. The minimum Gasteiger partial charge on any atom is -0.393 e. The van der Waals surface area contributed by atoms with Gasteiger partial charge in [-0.3, -0.25) is 9.59 Å². The summed E-state index contributed by atoms with van der Waals surface area (Å²) < 4.78 is 0. The van der Waals surface area contributed by atoms with Crippen molar-refractivity contribution >= 4 is 22.6 Å². The van der Waals surface area contributed by atoms with Crippen LogP contribution in [0.4, 0.5) is 0 Å². The van der Waals surface area contributed by atoms with Gasteiger partial charge in [0.15, 0.2) is 0 Å². The zero-order chi connectivity index (χ0) is 17.1. The molecule has 3 rings (SSSR count). The molecule has 0 aliphatic carbocycles. The van der Waals surface area contributed by atoms with Gasteiger partial charge < -0.3 is 14.9 Å². The van der Waals surface area contributed by atoms with Crippen LogP contribution in [0.3, 0.4) is 0 Å². The molecule has 1 heterocycles. The Balaban J connectivity index is 1.71. The number of hydrogen-bond acceptors (Lipinski definition) is 3. The first-order valence-electron chi connectivity index (χ1n) is 8.25. The number of benzene rings is 2. The Hall–Kier alpha value is -2.40. The molecule has 0 atom stereocenters. The van der Waals surface area contributed by atoms with E-state index in [1.54, 1.807) is 18.0 Å². The lowest BCUT2D eigenvalue weighted by molar-refractivity contribution is -0.133. The van der Waals surface area contributed by atoms with E-state index >= 15 is 0 Å². The first kappa shape index (κ1) is 16.5. The summed E-state index contributed by atoms with van der Waals surface area (Å²) in [5, 5.41) is 11.4. The van der Waals surface area contributed by atoms with E-state index in [4.69, 9.17) is 0 Å². The molecule has 5 nitrogen and oxygen atoms in total. The van der Waals surface area contributed by atoms with Gasteiger partial charge in [0.25, 0.3) is 5.91 Å². The van der Waals surface area contributed by atoms with Crippen molar-refractivity contribution in [1.29, 1.82) is 0 Å². The van der Waals surface area contributed by atoms with Crippen LogP contribution in [0.1, 0.15) is 23.2 Å². The Morgan fingerprint density at radius 2 is 1.79 bits per heavy atom. The monoisotopic (exact) mass is 326 g/mol. The van der Waals surface area contributed by atoms with Gasteiger partial charge in [-0.15, -0.1) is 0 Å². The van der Waals surface area contributed by atoms with Crippen LogP contribution >= 0.6 is 0 Å². The van der Waals surface area contributed by atoms with Crippen LogP contribution < -0.4 is 0 Å². The number of aliphatic hydroxyl groups is 1. The molecule has 126 valence electrons. The van der Waals surface area contributed by atoms with Crippen LogP contribution in [0.25, 0.3) is 10.8 Å². The summed E-state index contributed by atoms with van der Waals surface area (Å²) in [7, 11) is 1.65. The lowest BCUT2D eigenvalue weighted by atomic mass is 10.0. The van der Waals surface area contributed by atoms with Gasteiger partial charge in [-0.1, -0.05) is 36.4 Å². The average molecular weight is 326 g/mol. The van der Waals surface area contributed by atoms with Crippen LogP contribution in [-0.2, 0) is 4.79 Å². The predicted octanol–water partition coefficient (Wildman–Crippen LogP) is 1.90. The highest BCUT2D eigenvalue weighted by Crippen LogP contribution is 2.20. The van der Waals surface area contributed by atoms with Crippen molar-refractivity contribution in [2.75, 3.05) is 26.7 Å². The fourth-order valence-corrected chi connectivity index (χ4v) is 3.11. The molecule has 0 spiro atoms. The van der Waals surface area contributed by atoms with Gasteiger partial charge in [0.1, 0.15) is 0 Å². The summed E-state index contributed by atoms with van der Waals surface area (Å²) in [6, 6.07) is 13.4. The Bertz CT molecular complexity index is 746. The topological polar surface area (TPSA) is 60.9 Å². The minimum atomic E-state index is -0.316. The number of amides is 2. The maximum absolute atomic E-state index is 12.7. The molecule has 0 radical (unpaired) electrons.